The van der Waals surface area contributed by atoms with Crippen molar-refractivity contribution >= 4 is 34.6 Å². The molecule has 2 aromatic carbocycles. The molecule has 3 nitrogen and oxygen atoms in total. The molecular weight excluding hydrogens is 404 g/mol. The van der Waals surface area contributed by atoms with Gasteiger partial charge in [0.2, 0.25) is 0 Å². The Kier molecular flexibility index (Phi) is 4.05. The lowest BCUT2D eigenvalue weighted by atomic mass is 9.90. The van der Waals surface area contributed by atoms with E-state index in [1.807, 2.05) is 0 Å². The first-order chi connectivity index (χ1) is 12.6. The molecule has 0 aliphatic carbocycles. The van der Waals surface area contributed by atoms with Gasteiger partial charge in [-0.1, -0.05) is 11.6 Å². The van der Waals surface area contributed by atoms with Crippen LogP contribution >= 0.6 is 23.8 Å². The Morgan fingerprint density at radius 1 is 1.26 bits per heavy atom. The molecule has 9 heteroatoms. The van der Waals surface area contributed by atoms with E-state index in [9.17, 15) is 17.6 Å². The standard InChI is InChI=1S/C18H13ClF4N2OS/c1-17-8-14(11-6-9(20)2-5-15(11)26-17)24-16(27)25(17)10-3-4-13(19)12(7-10)18(21,22)23/h2-7,14H,8H2,1H3,(H,24,27)/t14-,17-/m1/s1. The summed E-state index contributed by atoms with van der Waals surface area (Å²) in [6.07, 6.45) is -4.23. The third-order valence-electron chi connectivity index (χ3n) is 4.75. The van der Waals surface area contributed by atoms with Gasteiger partial charge < -0.3 is 10.1 Å². The van der Waals surface area contributed by atoms with Crippen LogP contribution < -0.4 is 15.0 Å². The molecule has 142 valence electrons. The van der Waals surface area contributed by atoms with Crippen LogP contribution in [-0.4, -0.2) is 10.8 Å². The van der Waals surface area contributed by atoms with Crippen LogP contribution in [0.3, 0.4) is 0 Å². The molecule has 0 unspecified atom stereocenters. The van der Waals surface area contributed by atoms with Crippen molar-refractivity contribution in [1.29, 1.82) is 0 Å². The maximum Gasteiger partial charge on any atom is 0.417 e. The van der Waals surface area contributed by atoms with Crippen molar-refractivity contribution < 1.29 is 22.3 Å². The van der Waals surface area contributed by atoms with E-state index in [4.69, 9.17) is 28.6 Å². The van der Waals surface area contributed by atoms with E-state index in [1.165, 1.54) is 35.2 Å². The van der Waals surface area contributed by atoms with E-state index < -0.39 is 28.3 Å². The summed E-state index contributed by atoms with van der Waals surface area (Å²) in [6.45, 7) is 1.74. The summed E-state index contributed by atoms with van der Waals surface area (Å²) in [4.78, 5) is 1.50. The summed E-state index contributed by atoms with van der Waals surface area (Å²) in [6, 6.07) is 7.44. The fourth-order valence-corrected chi connectivity index (χ4v) is 4.27. The highest BCUT2D eigenvalue weighted by atomic mass is 35.5. The Bertz CT molecular complexity index is 951. The first kappa shape index (κ1) is 18.3. The molecule has 0 radical (unpaired) electrons. The molecule has 0 amide bonds. The van der Waals surface area contributed by atoms with E-state index in [0.717, 1.165) is 6.07 Å². The molecular formula is C18H13ClF4N2OS. The molecule has 1 saturated heterocycles. The van der Waals surface area contributed by atoms with Gasteiger partial charge in [0.05, 0.1) is 16.6 Å². The van der Waals surface area contributed by atoms with Crippen LogP contribution in [0.5, 0.6) is 5.75 Å². The third-order valence-corrected chi connectivity index (χ3v) is 5.38. The highest BCUT2D eigenvalue weighted by Crippen LogP contribution is 2.47. The largest absolute Gasteiger partial charge is 0.467 e. The minimum Gasteiger partial charge on any atom is -0.467 e. The normalized spacial score (nSPS) is 24.1. The van der Waals surface area contributed by atoms with Crippen LogP contribution in [0.2, 0.25) is 5.02 Å². The maximum atomic E-state index is 13.6. The number of hydrogen-bond donors (Lipinski definition) is 1. The van der Waals surface area contributed by atoms with Crippen LogP contribution in [0.1, 0.15) is 30.5 Å². The number of halogens is 5. The molecule has 2 aliphatic rings. The highest BCUT2D eigenvalue weighted by Gasteiger charge is 2.49. The number of rotatable bonds is 1. The minimum atomic E-state index is -4.60. The minimum absolute atomic E-state index is 0.194. The van der Waals surface area contributed by atoms with Gasteiger partial charge in [0, 0.05) is 17.7 Å². The van der Waals surface area contributed by atoms with Gasteiger partial charge in [0.15, 0.2) is 10.8 Å². The van der Waals surface area contributed by atoms with Crippen LogP contribution in [0.15, 0.2) is 36.4 Å². The molecule has 2 heterocycles. The van der Waals surface area contributed by atoms with E-state index in [2.05, 4.69) is 5.32 Å². The van der Waals surface area contributed by atoms with Crippen LogP contribution in [0.4, 0.5) is 23.2 Å². The van der Waals surface area contributed by atoms with Gasteiger partial charge in [0.1, 0.15) is 11.6 Å². The highest BCUT2D eigenvalue weighted by molar-refractivity contribution is 7.80. The van der Waals surface area contributed by atoms with Gasteiger partial charge >= 0.3 is 6.18 Å². The number of alkyl halides is 3. The van der Waals surface area contributed by atoms with Gasteiger partial charge in [-0.2, -0.15) is 13.2 Å². The number of nitrogens with zero attached hydrogens (tertiary/aromatic N) is 1. The van der Waals surface area contributed by atoms with Crippen molar-refractivity contribution in [3.05, 3.63) is 58.4 Å². The molecule has 1 fully saturated rings. The molecule has 0 aromatic heterocycles. The smallest absolute Gasteiger partial charge is 0.417 e. The van der Waals surface area contributed by atoms with Crippen molar-refractivity contribution in [3.8, 4) is 5.75 Å². The number of hydrogen-bond acceptors (Lipinski definition) is 2. The summed E-state index contributed by atoms with van der Waals surface area (Å²) in [7, 11) is 0. The monoisotopic (exact) mass is 416 g/mol. The van der Waals surface area contributed by atoms with Gasteiger partial charge in [-0.05, 0) is 55.5 Å². The summed E-state index contributed by atoms with van der Waals surface area (Å²) in [5, 5.41) is 2.87. The Morgan fingerprint density at radius 2 is 2.00 bits per heavy atom. The molecule has 2 aliphatic heterocycles. The molecule has 0 saturated carbocycles. The number of thiocarbonyl (C=S) groups is 1. The second-order valence-corrected chi connectivity index (χ2v) is 7.46. The number of anilines is 1. The van der Waals surface area contributed by atoms with Crippen LogP contribution in [0, 0.1) is 5.82 Å². The van der Waals surface area contributed by atoms with E-state index in [-0.39, 0.29) is 16.8 Å². The zero-order chi connectivity index (χ0) is 19.6. The summed E-state index contributed by atoms with van der Waals surface area (Å²) < 4.78 is 59.4. The zero-order valence-corrected chi connectivity index (χ0v) is 15.5. The third kappa shape index (κ3) is 3.00. The first-order valence-electron chi connectivity index (χ1n) is 8.04. The SMILES string of the molecule is C[C@@]12C[C@@H](NC(=S)N1c1ccc(Cl)c(C(F)(F)F)c1)c1cc(F)ccc1O2. The average Bonchev–Trinajstić information content (AvgIpc) is 2.55. The van der Waals surface area contributed by atoms with Crippen LogP contribution in [0.25, 0.3) is 0 Å². The fourth-order valence-electron chi connectivity index (χ4n) is 3.61. The predicted molar refractivity (Wildman–Crippen MR) is 97.5 cm³/mol. The predicted octanol–water partition coefficient (Wildman–Crippen LogP) is 5.43. The Balaban J connectivity index is 1.80. The molecule has 2 aromatic rings. The summed E-state index contributed by atoms with van der Waals surface area (Å²) in [5.74, 6) is 0.0591. The van der Waals surface area contributed by atoms with Crippen molar-refractivity contribution in [1.82, 2.24) is 5.32 Å². The lowest BCUT2D eigenvalue weighted by molar-refractivity contribution is -0.137. The van der Waals surface area contributed by atoms with Gasteiger partial charge in [-0.3, -0.25) is 4.90 Å². The quantitative estimate of drug-likeness (QED) is 0.494. The second kappa shape index (κ2) is 5.97. The number of nitrogens with one attached hydrogen (secondary N) is 1. The lowest BCUT2D eigenvalue weighted by Gasteiger charge is -2.52. The molecule has 27 heavy (non-hydrogen) atoms. The zero-order valence-electron chi connectivity index (χ0n) is 13.9. The Labute approximate surface area is 162 Å². The summed E-state index contributed by atoms with van der Waals surface area (Å²) in [5.41, 5.74) is -1.15. The Morgan fingerprint density at radius 3 is 2.70 bits per heavy atom. The van der Waals surface area contributed by atoms with E-state index in [0.29, 0.717) is 17.7 Å². The molecule has 1 N–H and O–H groups in total. The van der Waals surface area contributed by atoms with E-state index >= 15 is 0 Å². The van der Waals surface area contributed by atoms with Crippen LogP contribution in [-0.2, 0) is 6.18 Å². The fraction of sp³-hybridized carbons (Fsp3) is 0.278. The van der Waals surface area contributed by atoms with Gasteiger partial charge in [-0.15, -0.1) is 0 Å². The molecule has 0 spiro atoms. The molecule has 2 atom stereocenters. The van der Waals surface area contributed by atoms with Gasteiger partial charge in [0.25, 0.3) is 0 Å². The lowest BCUT2D eigenvalue weighted by Crippen LogP contribution is -2.65. The number of ether oxygens (including phenoxy) is 1. The first-order valence-corrected chi connectivity index (χ1v) is 8.83. The topological polar surface area (TPSA) is 24.5 Å². The second-order valence-electron chi connectivity index (χ2n) is 6.66. The van der Waals surface area contributed by atoms with Gasteiger partial charge in [-0.25, -0.2) is 4.39 Å². The average molecular weight is 417 g/mol. The van der Waals surface area contributed by atoms with Crippen molar-refractivity contribution in [2.24, 2.45) is 0 Å². The van der Waals surface area contributed by atoms with Crippen molar-refractivity contribution in [2.75, 3.05) is 4.90 Å². The number of benzene rings is 2. The van der Waals surface area contributed by atoms with E-state index in [1.54, 1.807) is 6.92 Å². The maximum absolute atomic E-state index is 13.6. The molecule has 4 rings (SSSR count). The molecule has 2 bridgehead atoms. The summed E-state index contributed by atoms with van der Waals surface area (Å²) >= 11 is 11.1. The number of fused-ring (bicyclic) bond motifs is 4. The van der Waals surface area contributed by atoms with Crippen molar-refractivity contribution in [3.63, 3.8) is 0 Å². The Hall–Kier alpha value is -2.06. The van der Waals surface area contributed by atoms with Crippen molar-refractivity contribution in [2.45, 2.75) is 31.3 Å².